The Bertz CT molecular complexity index is 1220. The van der Waals surface area contributed by atoms with Gasteiger partial charge in [0.1, 0.15) is 0 Å². The number of benzene rings is 2. The zero-order valence-electron chi connectivity index (χ0n) is 20.5. The lowest BCUT2D eigenvalue weighted by Crippen LogP contribution is -2.38. The van der Waals surface area contributed by atoms with E-state index in [9.17, 15) is 14.7 Å². The van der Waals surface area contributed by atoms with E-state index in [4.69, 9.17) is 4.74 Å². The molecule has 1 heterocycles. The van der Waals surface area contributed by atoms with Gasteiger partial charge >= 0.3 is 5.97 Å². The molecule has 0 aliphatic carbocycles. The molecular weight excluding hydrogens is 430 g/mol. The van der Waals surface area contributed by atoms with Crippen molar-refractivity contribution in [2.75, 3.05) is 19.7 Å². The minimum Gasteiger partial charge on any atom is -0.494 e. The summed E-state index contributed by atoms with van der Waals surface area (Å²) in [6, 6.07) is 14.4. The number of carbonyl (C=O) groups excluding carboxylic acids is 1. The minimum atomic E-state index is -0.436. The van der Waals surface area contributed by atoms with Gasteiger partial charge in [-0.25, -0.2) is 9.36 Å². The van der Waals surface area contributed by atoms with Crippen LogP contribution < -0.4 is 5.56 Å². The molecule has 0 saturated carbocycles. The van der Waals surface area contributed by atoms with E-state index in [2.05, 4.69) is 37.6 Å². The molecule has 0 aliphatic rings. The first kappa shape index (κ1) is 25.2. The minimum absolute atomic E-state index is 0.194. The van der Waals surface area contributed by atoms with Gasteiger partial charge in [0.2, 0.25) is 5.88 Å². The maximum atomic E-state index is 13.3. The van der Waals surface area contributed by atoms with Crippen LogP contribution in [-0.4, -0.2) is 58.5 Å². The topological polar surface area (TPSA) is 84.1 Å². The second kappa shape index (κ2) is 11.1. The average molecular weight is 464 g/mol. The number of ether oxygens (including phenoxy) is 1. The first-order chi connectivity index (χ1) is 16.3. The zero-order valence-corrected chi connectivity index (χ0v) is 20.5. The van der Waals surface area contributed by atoms with Gasteiger partial charge in [-0.2, -0.15) is 0 Å². The van der Waals surface area contributed by atoms with Crippen LogP contribution in [-0.2, 0) is 4.74 Å². The predicted molar refractivity (Wildman–Crippen MR) is 137 cm³/mol. The smallest absolute Gasteiger partial charge is 0.338 e. The third kappa shape index (κ3) is 5.37. The van der Waals surface area contributed by atoms with Crippen molar-refractivity contribution >= 4 is 23.0 Å². The second-order valence-corrected chi connectivity index (χ2v) is 8.65. The van der Waals surface area contributed by atoms with E-state index < -0.39 is 5.97 Å². The van der Waals surface area contributed by atoms with Crippen LogP contribution in [0.15, 0.2) is 58.3 Å². The molecule has 1 N–H and O–H groups in total. The molecule has 7 heteroatoms. The number of fused-ring (bicyclic) bond motifs is 1. The summed E-state index contributed by atoms with van der Waals surface area (Å²) in [5.41, 5.74) is 0.951. The summed E-state index contributed by atoms with van der Waals surface area (Å²) >= 11 is 0. The van der Waals surface area contributed by atoms with Gasteiger partial charge in [-0.05, 0) is 65.0 Å². The summed E-state index contributed by atoms with van der Waals surface area (Å²) < 4.78 is 6.26. The molecule has 0 spiro atoms. The van der Waals surface area contributed by atoms with Gasteiger partial charge in [0, 0.05) is 35.6 Å². The third-order valence-corrected chi connectivity index (χ3v) is 5.77. The molecule has 0 bridgehead atoms. The number of pyridine rings is 1. The Morgan fingerprint density at radius 2 is 1.68 bits per heavy atom. The van der Waals surface area contributed by atoms with Gasteiger partial charge in [-0.3, -0.25) is 14.7 Å². The molecule has 7 nitrogen and oxygen atoms in total. The number of hydrogen-bond donors (Lipinski definition) is 1. The number of hydrogen-bond acceptors (Lipinski definition) is 6. The van der Waals surface area contributed by atoms with Crippen LogP contribution in [0.5, 0.6) is 5.88 Å². The maximum absolute atomic E-state index is 13.3. The van der Waals surface area contributed by atoms with E-state index in [1.54, 1.807) is 55.6 Å². The van der Waals surface area contributed by atoms with Gasteiger partial charge in [0.25, 0.3) is 5.56 Å². The van der Waals surface area contributed by atoms with E-state index in [1.807, 2.05) is 6.07 Å². The molecule has 34 heavy (non-hydrogen) atoms. The standard InChI is InChI=1S/C27H33N3O4/c1-6-34-27(33)20-11-13-21(14-12-20)30-25(31)23-10-8-7-9-22(23)24(26(30)32)17-28-15-16-29(18(2)3)19(4)5/h7-14,17-19,32H,6,15-16H2,1-5H3. The Morgan fingerprint density at radius 1 is 1.06 bits per heavy atom. The fourth-order valence-corrected chi connectivity index (χ4v) is 4.13. The van der Waals surface area contributed by atoms with Crippen molar-refractivity contribution in [1.82, 2.24) is 9.47 Å². The molecule has 0 unspecified atom stereocenters. The SMILES string of the molecule is CCOC(=O)c1ccc(-n2c(O)c(C=NCCN(C(C)C)C(C)C)c3ccccc3c2=O)cc1. The molecule has 0 radical (unpaired) electrons. The van der Waals surface area contributed by atoms with Crippen LogP contribution in [0.1, 0.15) is 50.5 Å². The summed E-state index contributed by atoms with van der Waals surface area (Å²) in [7, 11) is 0. The van der Waals surface area contributed by atoms with Crippen molar-refractivity contribution in [3.8, 4) is 11.6 Å². The number of aliphatic imine (C=N–C) groups is 1. The number of carbonyl (C=O) groups is 1. The van der Waals surface area contributed by atoms with Crippen LogP contribution in [0, 0.1) is 0 Å². The molecule has 180 valence electrons. The largest absolute Gasteiger partial charge is 0.494 e. The highest BCUT2D eigenvalue weighted by molar-refractivity contribution is 6.01. The third-order valence-electron chi connectivity index (χ3n) is 5.77. The summed E-state index contributed by atoms with van der Waals surface area (Å²) in [5, 5.41) is 12.2. The number of rotatable bonds is 9. The van der Waals surface area contributed by atoms with Crippen molar-refractivity contribution in [3.05, 3.63) is 70.0 Å². The molecule has 2 aromatic carbocycles. The van der Waals surface area contributed by atoms with Crippen LogP contribution in [0.3, 0.4) is 0 Å². The summed E-state index contributed by atoms with van der Waals surface area (Å²) in [6.07, 6.45) is 1.64. The van der Waals surface area contributed by atoms with E-state index in [-0.39, 0.29) is 18.0 Å². The number of esters is 1. The highest BCUT2D eigenvalue weighted by Crippen LogP contribution is 2.26. The van der Waals surface area contributed by atoms with Crippen LogP contribution in [0.4, 0.5) is 0 Å². The molecule has 0 saturated heterocycles. The molecule has 0 fully saturated rings. The van der Waals surface area contributed by atoms with Crippen LogP contribution in [0.2, 0.25) is 0 Å². The first-order valence-electron chi connectivity index (χ1n) is 11.7. The second-order valence-electron chi connectivity index (χ2n) is 8.65. The highest BCUT2D eigenvalue weighted by Gasteiger charge is 2.17. The summed E-state index contributed by atoms with van der Waals surface area (Å²) in [5.74, 6) is -0.630. The monoisotopic (exact) mass is 463 g/mol. The highest BCUT2D eigenvalue weighted by atomic mass is 16.5. The molecule has 0 amide bonds. The van der Waals surface area contributed by atoms with E-state index in [1.165, 1.54) is 4.57 Å². The first-order valence-corrected chi connectivity index (χ1v) is 11.7. The van der Waals surface area contributed by atoms with Crippen molar-refractivity contribution in [1.29, 1.82) is 0 Å². The summed E-state index contributed by atoms with van der Waals surface area (Å²) in [6.45, 7) is 12.0. The molecule has 3 aromatic rings. The van der Waals surface area contributed by atoms with E-state index >= 15 is 0 Å². The van der Waals surface area contributed by atoms with E-state index in [0.717, 1.165) is 6.54 Å². The van der Waals surface area contributed by atoms with Gasteiger partial charge < -0.3 is 9.84 Å². The summed E-state index contributed by atoms with van der Waals surface area (Å²) in [4.78, 5) is 32.2. The van der Waals surface area contributed by atoms with E-state index in [0.29, 0.717) is 46.2 Å². The lowest BCUT2D eigenvalue weighted by atomic mass is 10.1. The predicted octanol–water partition coefficient (Wildman–Crippen LogP) is 4.41. The van der Waals surface area contributed by atoms with Crippen molar-refractivity contribution in [2.45, 2.75) is 46.7 Å². The van der Waals surface area contributed by atoms with Crippen molar-refractivity contribution in [2.24, 2.45) is 4.99 Å². The Labute approximate surface area is 200 Å². The number of aromatic hydroxyl groups is 1. The van der Waals surface area contributed by atoms with Gasteiger partial charge in [0.15, 0.2) is 0 Å². The Balaban J connectivity index is 2.01. The zero-order chi connectivity index (χ0) is 24.8. The Kier molecular flexibility index (Phi) is 8.23. The molecule has 0 aliphatic heterocycles. The molecular formula is C27H33N3O4. The lowest BCUT2D eigenvalue weighted by molar-refractivity contribution is 0.0526. The molecule has 1 aromatic heterocycles. The number of nitrogens with zero attached hydrogens (tertiary/aromatic N) is 3. The lowest BCUT2D eigenvalue weighted by Gasteiger charge is -2.29. The van der Waals surface area contributed by atoms with Gasteiger partial charge in [0.05, 0.1) is 30.0 Å². The fraction of sp³-hybridized carbons (Fsp3) is 0.370. The normalized spacial score (nSPS) is 11.9. The van der Waals surface area contributed by atoms with Crippen LogP contribution >= 0.6 is 0 Å². The quantitative estimate of drug-likeness (QED) is 0.375. The van der Waals surface area contributed by atoms with Crippen LogP contribution in [0.25, 0.3) is 16.5 Å². The fourth-order valence-electron chi connectivity index (χ4n) is 4.13. The number of aromatic nitrogens is 1. The van der Waals surface area contributed by atoms with Crippen molar-refractivity contribution in [3.63, 3.8) is 0 Å². The molecule has 3 rings (SSSR count). The van der Waals surface area contributed by atoms with Gasteiger partial charge in [-0.15, -0.1) is 0 Å². The Hall–Kier alpha value is -3.45. The van der Waals surface area contributed by atoms with Gasteiger partial charge in [-0.1, -0.05) is 18.2 Å². The van der Waals surface area contributed by atoms with Crippen molar-refractivity contribution < 1.29 is 14.6 Å². The average Bonchev–Trinajstić information content (AvgIpc) is 2.81. The maximum Gasteiger partial charge on any atom is 0.338 e. The Morgan fingerprint density at radius 3 is 2.26 bits per heavy atom. The molecule has 0 atom stereocenters.